The molecule has 0 aromatic heterocycles. The second-order valence-corrected chi connectivity index (χ2v) is 6.58. The molecule has 106 valence electrons. The molecule has 0 saturated carbocycles. The van der Waals surface area contributed by atoms with E-state index >= 15 is 0 Å². The predicted molar refractivity (Wildman–Crippen MR) is 74.2 cm³/mol. The fraction of sp³-hybridized carbons (Fsp3) is 0.500. The molecule has 19 heavy (non-hydrogen) atoms. The van der Waals surface area contributed by atoms with Crippen molar-refractivity contribution in [3.05, 3.63) is 18.2 Å². The quantitative estimate of drug-likeness (QED) is 0.669. The summed E-state index contributed by atoms with van der Waals surface area (Å²) < 4.78 is 23.3. The van der Waals surface area contributed by atoms with Gasteiger partial charge in [0.2, 0.25) is 10.0 Å². The van der Waals surface area contributed by atoms with Gasteiger partial charge in [-0.15, -0.1) is 0 Å². The molecule has 2 unspecified atom stereocenters. The molecule has 0 radical (unpaired) electrons. The number of nitrogens with zero attached hydrogens (tertiary/aromatic N) is 1. The lowest BCUT2D eigenvalue weighted by atomic mass is 9.95. The fourth-order valence-corrected chi connectivity index (χ4v) is 3.08. The molecule has 0 amide bonds. The molecule has 0 spiro atoms. The highest BCUT2D eigenvalue weighted by atomic mass is 32.2. The lowest BCUT2D eigenvalue weighted by Crippen LogP contribution is -2.43. The largest absolute Gasteiger partial charge is 0.399 e. The van der Waals surface area contributed by atoms with Gasteiger partial charge in [0.25, 0.3) is 0 Å². The molecule has 2 atom stereocenters. The maximum absolute atomic E-state index is 11.6. The fourth-order valence-electron chi connectivity index (χ4n) is 2.29. The first-order valence-corrected chi connectivity index (χ1v) is 7.69. The smallest absolute Gasteiger partial charge is 0.240 e. The SMILES string of the molecule is CC1CCN(c2ccc(N)cc2S(N)(=O)=O)CC1O. The summed E-state index contributed by atoms with van der Waals surface area (Å²) in [6.45, 7) is 3.06. The summed E-state index contributed by atoms with van der Waals surface area (Å²) in [5.74, 6) is 0.211. The van der Waals surface area contributed by atoms with Gasteiger partial charge in [-0.2, -0.15) is 0 Å². The molecule has 1 saturated heterocycles. The Morgan fingerprint density at radius 1 is 1.42 bits per heavy atom. The molecule has 5 N–H and O–H groups in total. The van der Waals surface area contributed by atoms with E-state index in [0.717, 1.165) is 6.42 Å². The van der Waals surface area contributed by atoms with Crippen molar-refractivity contribution in [1.29, 1.82) is 0 Å². The molecule has 1 aromatic rings. The summed E-state index contributed by atoms with van der Waals surface area (Å²) >= 11 is 0. The molecule has 1 heterocycles. The Kier molecular flexibility index (Phi) is 3.71. The summed E-state index contributed by atoms with van der Waals surface area (Å²) in [6, 6.07) is 4.63. The summed E-state index contributed by atoms with van der Waals surface area (Å²) in [7, 11) is -3.84. The van der Waals surface area contributed by atoms with Gasteiger partial charge in [0.15, 0.2) is 0 Å². The van der Waals surface area contributed by atoms with Gasteiger partial charge in [0.05, 0.1) is 11.8 Å². The van der Waals surface area contributed by atoms with E-state index < -0.39 is 16.1 Å². The van der Waals surface area contributed by atoms with E-state index in [4.69, 9.17) is 10.9 Å². The Hall–Kier alpha value is -1.31. The summed E-state index contributed by atoms with van der Waals surface area (Å²) in [5.41, 5.74) is 6.46. The van der Waals surface area contributed by atoms with Gasteiger partial charge in [-0.1, -0.05) is 6.92 Å². The van der Waals surface area contributed by atoms with Crippen molar-refractivity contribution in [2.24, 2.45) is 11.1 Å². The lowest BCUT2D eigenvalue weighted by molar-refractivity contribution is 0.103. The molecule has 1 aliphatic rings. The topological polar surface area (TPSA) is 110 Å². The van der Waals surface area contributed by atoms with Gasteiger partial charge in [-0.25, -0.2) is 13.6 Å². The van der Waals surface area contributed by atoms with E-state index in [1.165, 1.54) is 6.07 Å². The van der Waals surface area contributed by atoms with Crippen LogP contribution in [-0.2, 0) is 10.0 Å². The number of sulfonamides is 1. The van der Waals surface area contributed by atoms with Crippen LogP contribution >= 0.6 is 0 Å². The van der Waals surface area contributed by atoms with Gasteiger partial charge in [-0.05, 0) is 30.5 Å². The Morgan fingerprint density at radius 3 is 2.68 bits per heavy atom. The molecule has 2 rings (SSSR count). The molecule has 0 aliphatic carbocycles. The van der Waals surface area contributed by atoms with Crippen LogP contribution in [0.25, 0.3) is 0 Å². The minimum atomic E-state index is -3.84. The third-order valence-electron chi connectivity index (χ3n) is 3.55. The number of hydrogen-bond acceptors (Lipinski definition) is 5. The monoisotopic (exact) mass is 285 g/mol. The van der Waals surface area contributed by atoms with Crippen LogP contribution in [0.4, 0.5) is 11.4 Å². The molecule has 1 aromatic carbocycles. The first-order valence-electron chi connectivity index (χ1n) is 6.14. The van der Waals surface area contributed by atoms with Crippen LogP contribution in [0.2, 0.25) is 0 Å². The first kappa shape index (κ1) is 14.1. The molecule has 1 fully saturated rings. The van der Waals surface area contributed by atoms with Crippen LogP contribution in [0, 0.1) is 5.92 Å². The number of anilines is 2. The van der Waals surface area contributed by atoms with Crippen molar-refractivity contribution in [2.45, 2.75) is 24.3 Å². The van der Waals surface area contributed by atoms with Gasteiger partial charge in [0, 0.05) is 18.8 Å². The van der Waals surface area contributed by atoms with E-state index in [9.17, 15) is 13.5 Å². The van der Waals surface area contributed by atoms with Crippen LogP contribution in [0.15, 0.2) is 23.1 Å². The molecule has 6 nitrogen and oxygen atoms in total. The number of β-amino-alcohol motifs (C(OH)–C–C–N with tert-alkyl or cyclic N) is 1. The Bertz CT molecular complexity index is 574. The first-order chi connectivity index (χ1) is 8.79. The van der Waals surface area contributed by atoms with Crippen LogP contribution in [0.5, 0.6) is 0 Å². The Balaban J connectivity index is 2.40. The van der Waals surface area contributed by atoms with Crippen LogP contribution in [0.1, 0.15) is 13.3 Å². The number of rotatable bonds is 2. The number of nitrogens with two attached hydrogens (primary N) is 2. The second-order valence-electron chi connectivity index (χ2n) is 5.05. The third-order valence-corrected chi connectivity index (χ3v) is 4.49. The van der Waals surface area contributed by atoms with Crippen molar-refractivity contribution in [1.82, 2.24) is 0 Å². The Morgan fingerprint density at radius 2 is 2.11 bits per heavy atom. The summed E-state index contributed by atoms with van der Waals surface area (Å²) in [5, 5.41) is 15.1. The zero-order valence-electron chi connectivity index (χ0n) is 10.8. The average Bonchev–Trinajstić information content (AvgIpc) is 2.32. The molecule has 7 heteroatoms. The Labute approximate surface area is 113 Å². The van der Waals surface area contributed by atoms with Crippen molar-refractivity contribution < 1.29 is 13.5 Å². The van der Waals surface area contributed by atoms with Crippen molar-refractivity contribution >= 4 is 21.4 Å². The highest BCUT2D eigenvalue weighted by molar-refractivity contribution is 7.89. The van der Waals surface area contributed by atoms with E-state index in [2.05, 4.69) is 0 Å². The second kappa shape index (κ2) is 4.99. The van der Waals surface area contributed by atoms with Crippen molar-refractivity contribution in [2.75, 3.05) is 23.7 Å². The normalized spacial score (nSPS) is 24.5. The van der Waals surface area contributed by atoms with Gasteiger partial charge >= 0.3 is 0 Å². The molecule has 0 bridgehead atoms. The number of piperidine rings is 1. The third kappa shape index (κ3) is 2.99. The maximum atomic E-state index is 11.6. The number of nitrogen functional groups attached to an aromatic ring is 1. The molecular formula is C12H19N3O3S. The average molecular weight is 285 g/mol. The minimum Gasteiger partial charge on any atom is -0.399 e. The number of benzene rings is 1. The van der Waals surface area contributed by atoms with Crippen LogP contribution in [0.3, 0.4) is 0 Å². The number of aliphatic hydroxyl groups excluding tert-OH is 1. The van der Waals surface area contributed by atoms with Crippen LogP contribution in [-0.4, -0.2) is 32.7 Å². The highest BCUT2D eigenvalue weighted by Gasteiger charge is 2.27. The minimum absolute atomic E-state index is 0.00857. The zero-order chi connectivity index (χ0) is 14.2. The van der Waals surface area contributed by atoms with Crippen LogP contribution < -0.4 is 15.8 Å². The maximum Gasteiger partial charge on any atom is 0.240 e. The highest BCUT2D eigenvalue weighted by Crippen LogP contribution is 2.30. The van der Waals surface area contributed by atoms with Crippen molar-refractivity contribution in [3.8, 4) is 0 Å². The van der Waals surface area contributed by atoms with E-state index in [1.54, 1.807) is 12.1 Å². The van der Waals surface area contributed by atoms with E-state index in [0.29, 0.717) is 24.5 Å². The zero-order valence-corrected chi connectivity index (χ0v) is 11.6. The number of primary sulfonamides is 1. The van der Waals surface area contributed by atoms with Gasteiger partial charge < -0.3 is 15.7 Å². The van der Waals surface area contributed by atoms with E-state index in [1.807, 2.05) is 11.8 Å². The standard InChI is InChI=1S/C12H19N3O3S/c1-8-4-5-15(7-11(8)16)10-3-2-9(13)6-12(10)19(14,17)18/h2-3,6,8,11,16H,4-5,7,13H2,1H3,(H2,14,17,18). The lowest BCUT2D eigenvalue weighted by Gasteiger charge is -2.36. The predicted octanol–water partition coefficient (Wildman–Crippen LogP) is 0.123. The van der Waals surface area contributed by atoms with Gasteiger partial charge in [-0.3, -0.25) is 0 Å². The van der Waals surface area contributed by atoms with E-state index in [-0.39, 0.29) is 10.8 Å². The number of aliphatic hydroxyl groups is 1. The van der Waals surface area contributed by atoms with Crippen molar-refractivity contribution in [3.63, 3.8) is 0 Å². The summed E-state index contributed by atoms with van der Waals surface area (Å²) in [4.78, 5) is 1.85. The molecule has 1 aliphatic heterocycles. The summed E-state index contributed by atoms with van der Waals surface area (Å²) in [6.07, 6.45) is 0.329. The number of hydrogen-bond donors (Lipinski definition) is 3. The van der Waals surface area contributed by atoms with Gasteiger partial charge in [0.1, 0.15) is 4.90 Å². The molecular weight excluding hydrogens is 266 g/mol.